The number of hydrogen-bond donors (Lipinski definition) is 3. The van der Waals surface area contributed by atoms with Gasteiger partial charge in [-0.3, -0.25) is 5.21 Å². The largest absolute Gasteiger partial charge is 0.506 e. The molecule has 0 saturated carbocycles. The summed E-state index contributed by atoms with van der Waals surface area (Å²) in [5, 5.41) is 21.8. The summed E-state index contributed by atoms with van der Waals surface area (Å²) in [7, 11) is 1.54. The van der Waals surface area contributed by atoms with Gasteiger partial charge in [-0.1, -0.05) is 24.3 Å². The van der Waals surface area contributed by atoms with Crippen LogP contribution < -0.4 is 5.32 Å². The molecule has 4 heteroatoms. The van der Waals surface area contributed by atoms with Crippen molar-refractivity contribution >= 4 is 18.0 Å². The van der Waals surface area contributed by atoms with Gasteiger partial charge in [0, 0.05) is 5.56 Å². The molecule has 3 N–H and O–H groups in total. The normalized spacial score (nSPS) is 19.5. The van der Waals surface area contributed by atoms with E-state index < -0.39 is 0 Å². The minimum atomic E-state index is -0.110. The van der Waals surface area contributed by atoms with Crippen LogP contribution in [0.25, 0.3) is 6.08 Å². The van der Waals surface area contributed by atoms with E-state index in [0.29, 0.717) is 5.69 Å². The average Bonchev–Trinajstić information content (AvgIpc) is 2.18. The predicted octanol–water partition coefficient (Wildman–Crippen LogP) is 1.30. The average molecular weight is 205 g/mol. The quantitative estimate of drug-likeness (QED) is 0.213. The Labute approximate surface area is 87.8 Å². The Kier molecular flexibility index (Phi) is 2.33. The number of benzene rings is 1. The predicted molar refractivity (Wildman–Crippen MR) is 58.6 cm³/mol. The number of hydroxylamine groups is 1. The fourth-order valence-corrected chi connectivity index (χ4v) is 1.60. The lowest BCUT2D eigenvalue weighted by atomic mass is 10.1. The summed E-state index contributed by atoms with van der Waals surface area (Å²) >= 11 is 0. The number of para-hydroxylation sites is 1. The van der Waals surface area contributed by atoms with E-state index in [1.54, 1.807) is 18.3 Å². The molecule has 0 aliphatic carbocycles. The molecule has 1 atom stereocenters. The number of nitrogens with one attached hydrogen (secondary N) is 1. The lowest BCUT2D eigenvalue weighted by molar-refractivity contribution is -0.751. The highest BCUT2D eigenvalue weighted by Crippen LogP contribution is 2.31. The Balaban J connectivity index is 2.33. The zero-order valence-corrected chi connectivity index (χ0v) is 8.38. The van der Waals surface area contributed by atoms with Crippen molar-refractivity contribution in [2.45, 2.75) is 6.04 Å². The monoisotopic (exact) mass is 205 g/mol. The molecule has 78 valence electrons. The van der Waals surface area contributed by atoms with E-state index in [1.165, 1.54) is 7.05 Å². The maximum Gasteiger partial charge on any atom is 0.218 e. The summed E-state index contributed by atoms with van der Waals surface area (Å²) in [6, 6.07) is 5.23. The Morgan fingerprint density at radius 1 is 1.47 bits per heavy atom. The molecule has 0 aromatic heterocycles. The number of phenolic OH excluding ortho intramolecular Hbond substituents is 1. The lowest BCUT2D eigenvalue weighted by Crippen LogP contribution is -2.25. The third kappa shape index (κ3) is 1.93. The highest BCUT2D eigenvalue weighted by Gasteiger charge is 2.16. The van der Waals surface area contributed by atoms with Crippen LogP contribution in [0.2, 0.25) is 0 Å². The van der Waals surface area contributed by atoms with Gasteiger partial charge in [0.05, 0.1) is 5.69 Å². The van der Waals surface area contributed by atoms with Crippen molar-refractivity contribution in [2.75, 3.05) is 12.4 Å². The maximum atomic E-state index is 9.62. The minimum absolute atomic E-state index is 0.110. The van der Waals surface area contributed by atoms with Gasteiger partial charge < -0.3 is 10.4 Å². The summed E-state index contributed by atoms with van der Waals surface area (Å²) in [6.45, 7) is 0. The number of aromatic hydroxyl groups is 1. The van der Waals surface area contributed by atoms with E-state index in [2.05, 4.69) is 5.32 Å². The summed E-state index contributed by atoms with van der Waals surface area (Å²) < 4.78 is 0.993. The minimum Gasteiger partial charge on any atom is -0.506 e. The van der Waals surface area contributed by atoms with Crippen LogP contribution in [0.5, 0.6) is 5.75 Å². The van der Waals surface area contributed by atoms with Crippen molar-refractivity contribution in [1.29, 1.82) is 0 Å². The lowest BCUT2D eigenvalue weighted by Gasteiger charge is -2.18. The van der Waals surface area contributed by atoms with E-state index in [4.69, 9.17) is 5.21 Å². The number of anilines is 1. The topological polar surface area (TPSA) is 55.5 Å². The maximum absolute atomic E-state index is 9.62. The van der Waals surface area contributed by atoms with Crippen molar-refractivity contribution in [1.82, 2.24) is 0 Å². The van der Waals surface area contributed by atoms with Crippen molar-refractivity contribution < 1.29 is 15.1 Å². The van der Waals surface area contributed by atoms with Crippen LogP contribution in [0.1, 0.15) is 5.56 Å². The van der Waals surface area contributed by atoms with Crippen LogP contribution in [0.4, 0.5) is 5.69 Å². The van der Waals surface area contributed by atoms with E-state index in [1.807, 2.05) is 18.2 Å². The molecule has 0 amide bonds. The Hall–Kier alpha value is -1.97. The van der Waals surface area contributed by atoms with Crippen molar-refractivity contribution in [2.24, 2.45) is 0 Å². The summed E-state index contributed by atoms with van der Waals surface area (Å²) in [6.07, 6.45) is 5.43. The van der Waals surface area contributed by atoms with Crippen LogP contribution in [0.15, 0.2) is 24.3 Å². The van der Waals surface area contributed by atoms with Crippen molar-refractivity contribution in [3.8, 4) is 5.75 Å². The third-order valence-corrected chi connectivity index (χ3v) is 2.25. The fraction of sp³-hybridized carbons (Fsp3) is 0.182. The van der Waals surface area contributed by atoms with Gasteiger partial charge in [-0.15, -0.1) is 0 Å². The molecular formula is C11H13N2O2+. The molecule has 1 aromatic carbocycles. The van der Waals surface area contributed by atoms with Gasteiger partial charge in [0.1, 0.15) is 11.8 Å². The molecule has 0 bridgehead atoms. The molecular weight excluding hydrogens is 192 g/mol. The fourth-order valence-electron chi connectivity index (χ4n) is 1.60. The molecule has 1 unspecified atom stereocenters. The first-order chi connectivity index (χ1) is 7.16. The summed E-state index contributed by atoms with van der Waals surface area (Å²) in [5.41, 5.74) is 1.64. The van der Waals surface area contributed by atoms with Gasteiger partial charge in [0.2, 0.25) is 6.21 Å². The molecule has 2 rings (SSSR count). The van der Waals surface area contributed by atoms with Crippen LogP contribution in [-0.2, 0) is 0 Å². The standard InChI is InChI=1S/C11H12N2O2/c1-13(15)7-9-6-5-8-3-2-4-10(14)11(8)12-9/h2-7,9,12H,1H3,(H-,14,15)/p+1. The molecule has 15 heavy (non-hydrogen) atoms. The molecule has 4 nitrogen and oxygen atoms in total. The van der Waals surface area contributed by atoms with E-state index >= 15 is 0 Å². The molecule has 1 aliphatic heterocycles. The van der Waals surface area contributed by atoms with Gasteiger partial charge >= 0.3 is 0 Å². The molecule has 0 fully saturated rings. The number of nitrogens with zero attached hydrogens (tertiary/aromatic N) is 1. The molecule has 1 heterocycles. The summed E-state index contributed by atoms with van der Waals surface area (Å²) in [5.74, 6) is 0.218. The highest BCUT2D eigenvalue weighted by atomic mass is 16.5. The first-order valence-corrected chi connectivity index (χ1v) is 4.70. The second-order valence-corrected chi connectivity index (χ2v) is 3.49. The zero-order chi connectivity index (χ0) is 10.8. The van der Waals surface area contributed by atoms with E-state index in [9.17, 15) is 5.11 Å². The molecule has 0 radical (unpaired) electrons. The SMILES string of the molecule is C[N+](O)=CC1C=Cc2cccc(O)c2N1. The number of phenols is 1. The molecule has 1 aliphatic rings. The molecule has 0 spiro atoms. The van der Waals surface area contributed by atoms with E-state index in [0.717, 1.165) is 10.3 Å². The van der Waals surface area contributed by atoms with Crippen molar-refractivity contribution in [3.63, 3.8) is 0 Å². The van der Waals surface area contributed by atoms with Gasteiger partial charge in [-0.2, -0.15) is 0 Å². The Morgan fingerprint density at radius 2 is 2.27 bits per heavy atom. The highest BCUT2D eigenvalue weighted by molar-refractivity contribution is 5.82. The zero-order valence-electron chi connectivity index (χ0n) is 8.38. The Morgan fingerprint density at radius 3 is 3.00 bits per heavy atom. The van der Waals surface area contributed by atoms with Crippen LogP contribution in [0, 0.1) is 0 Å². The second kappa shape index (κ2) is 3.65. The molecule has 1 aromatic rings. The smallest absolute Gasteiger partial charge is 0.218 e. The van der Waals surface area contributed by atoms with Crippen LogP contribution in [-0.4, -0.2) is 34.4 Å². The van der Waals surface area contributed by atoms with Gasteiger partial charge in [-0.05, 0) is 10.8 Å². The third-order valence-electron chi connectivity index (χ3n) is 2.25. The molecule has 0 saturated heterocycles. The first kappa shape index (κ1) is 9.58. The number of hydrogen-bond acceptors (Lipinski definition) is 3. The van der Waals surface area contributed by atoms with Crippen LogP contribution in [0.3, 0.4) is 0 Å². The van der Waals surface area contributed by atoms with Gasteiger partial charge in [-0.25, -0.2) is 0 Å². The number of fused-ring (bicyclic) bond motifs is 1. The van der Waals surface area contributed by atoms with Crippen molar-refractivity contribution in [3.05, 3.63) is 29.8 Å². The second-order valence-electron chi connectivity index (χ2n) is 3.49. The van der Waals surface area contributed by atoms with Crippen LogP contribution >= 0.6 is 0 Å². The van der Waals surface area contributed by atoms with E-state index in [-0.39, 0.29) is 11.8 Å². The van der Waals surface area contributed by atoms with Gasteiger partial charge in [0.15, 0.2) is 7.05 Å². The number of rotatable bonds is 1. The van der Waals surface area contributed by atoms with Gasteiger partial charge in [0.25, 0.3) is 0 Å². The first-order valence-electron chi connectivity index (χ1n) is 4.70. The Bertz CT molecular complexity index is 434. The summed E-state index contributed by atoms with van der Waals surface area (Å²) in [4.78, 5) is 0.